The Morgan fingerprint density at radius 3 is 2.53 bits per heavy atom. The molecule has 3 aromatic rings. The number of carbonyl (C=O) groups excluding carboxylic acids is 1. The zero-order valence-electron chi connectivity index (χ0n) is 19.5. The van der Waals surface area contributed by atoms with Crippen molar-refractivity contribution in [1.29, 1.82) is 0 Å². The van der Waals surface area contributed by atoms with Crippen LogP contribution in [0.25, 0.3) is 22.0 Å². The Bertz CT molecular complexity index is 975. The van der Waals surface area contributed by atoms with Gasteiger partial charge in [0.2, 0.25) is 0 Å². The molecule has 2 heterocycles. The molecule has 1 saturated heterocycles. The maximum Gasteiger partial charge on any atom is 0.150 e. The van der Waals surface area contributed by atoms with Gasteiger partial charge in [-0.1, -0.05) is 49.4 Å². The van der Waals surface area contributed by atoms with E-state index >= 15 is 0 Å². The molecule has 0 bridgehead atoms. The summed E-state index contributed by atoms with van der Waals surface area (Å²) in [4.78, 5) is 13.0. The van der Waals surface area contributed by atoms with Crippen molar-refractivity contribution in [3.05, 3.63) is 60.3 Å². The number of benzene rings is 2. The van der Waals surface area contributed by atoms with Gasteiger partial charge in [0.25, 0.3) is 0 Å². The highest BCUT2D eigenvalue weighted by Gasteiger charge is 2.26. The van der Waals surface area contributed by atoms with Crippen molar-refractivity contribution in [3.63, 3.8) is 0 Å². The Labute approximate surface area is 191 Å². The topological polar surface area (TPSA) is 72.5 Å². The van der Waals surface area contributed by atoms with E-state index in [-0.39, 0.29) is 12.1 Å². The summed E-state index contributed by atoms with van der Waals surface area (Å²) in [5.41, 5.74) is 9.43. The van der Waals surface area contributed by atoms with Crippen LogP contribution in [0.4, 0.5) is 0 Å². The number of ether oxygens (including phenoxy) is 1. The van der Waals surface area contributed by atoms with Crippen LogP contribution in [-0.2, 0) is 4.74 Å². The zero-order chi connectivity index (χ0) is 22.9. The van der Waals surface area contributed by atoms with Gasteiger partial charge in [-0.05, 0) is 32.1 Å². The molecule has 172 valence electrons. The number of nitrogens with zero attached hydrogens (tertiary/aromatic N) is 2. The minimum Gasteiger partial charge on any atom is -0.373 e. The van der Waals surface area contributed by atoms with Crippen molar-refractivity contribution in [3.8, 4) is 11.1 Å². The first-order chi connectivity index (χ1) is 15.6. The third-order valence-electron chi connectivity index (χ3n) is 5.84. The van der Waals surface area contributed by atoms with E-state index in [1.165, 1.54) is 16.5 Å². The molecular weight excluding hydrogens is 400 g/mol. The molecule has 2 unspecified atom stereocenters. The first-order valence-electron chi connectivity index (χ1n) is 11.4. The Balaban J connectivity index is 0.000000427. The molecule has 2 atom stereocenters. The van der Waals surface area contributed by atoms with Crippen LogP contribution >= 0.6 is 0 Å². The molecule has 0 aliphatic carbocycles. The fraction of sp³-hybridized carbons (Fsp3) is 0.423. The van der Waals surface area contributed by atoms with Crippen LogP contribution in [0.1, 0.15) is 29.7 Å². The number of likely N-dealkylation sites (N-methyl/N-ethyl adjacent to an activating group) is 1. The minimum absolute atomic E-state index is 0.176. The number of morpholine rings is 1. The SMILES string of the molecule is CCC(C1CNCCO1)n1cc(-c2ccc(C=O)cc2)c2ccccc21.CN(C)CCN. The summed E-state index contributed by atoms with van der Waals surface area (Å²) in [6.45, 7) is 6.53. The lowest BCUT2D eigenvalue weighted by Crippen LogP contribution is -2.43. The van der Waals surface area contributed by atoms with E-state index in [1.807, 2.05) is 38.4 Å². The summed E-state index contributed by atoms with van der Waals surface area (Å²) in [5.74, 6) is 0. The van der Waals surface area contributed by atoms with E-state index in [4.69, 9.17) is 10.5 Å². The van der Waals surface area contributed by atoms with Gasteiger partial charge in [-0.3, -0.25) is 4.79 Å². The molecule has 32 heavy (non-hydrogen) atoms. The predicted octanol–water partition coefficient (Wildman–Crippen LogP) is 3.57. The fourth-order valence-electron chi connectivity index (χ4n) is 4.18. The summed E-state index contributed by atoms with van der Waals surface area (Å²) in [7, 11) is 4.01. The molecule has 3 N–H and O–H groups in total. The van der Waals surface area contributed by atoms with Gasteiger partial charge in [0, 0.05) is 54.4 Å². The van der Waals surface area contributed by atoms with E-state index in [1.54, 1.807) is 0 Å². The number of fused-ring (bicyclic) bond motifs is 1. The third-order valence-corrected chi connectivity index (χ3v) is 5.84. The highest BCUT2D eigenvalue weighted by atomic mass is 16.5. The Kier molecular flexibility index (Phi) is 9.00. The van der Waals surface area contributed by atoms with Gasteiger partial charge in [-0.2, -0.15) is 0 Å². The van der Waals surface area contributed by atoms with E-state index in [2.05, 4.69) is 52.2 Å². The molecule has 1 aliphatic heterocycles. The Morgan fingerprint density at radius 2 is 1.97 bits per heavy atom. The molecular formula is C26H36N4O2. The minimum atomic E-state index is 0.176. The summed E-state index contributed by atoms with van der Waals surface area (Å²) >= 11 is 0. The van der Waals surface area contributed by atoms with Crippen molar-refractivity contribution in [2.75, 3.05) is 46.9 Å². The van der Waals surface area contributed by atoms with Crippen LogP contribution in [-0.4, -0.2) is 68.7 Å². The number of rotatable bonds is 7. The highest BCUT2D eigenvalue weighted by Crippen LogP contribution is 2.35. The van der Waals surface area contributed by atoms with Crippen LogP contribution in [0.5, 0.6) is 0 Å². The number of hydrogen-bond donors (Lipinski definition) is 2. The second-order valence-corrected chi connectivity index (χ2v) is 8.39. The van der Waals surface area contributed by atoms with Gasteiger partial charge in [-0.25, -0.2) is 0 Å². The van der Waals surface area contributed by atoms with Gasteiger partial charge in [0.05, 0.1) is 18.8 Å². The normalized spacial score (nSPS) is 17.1. The van der Waals surface area contributed by atoms with E-state index in [0.29, 0.717) is 5.56 Å². The van der Waals surface area contributed by atoms with Crippen molar-refractivity contribution < 1.29 is 9.53 Å². The molecule has 1 aromatic heterocycles. The Hall–Kier alpha value is -2.51. The number of aromatic nitrogens is 1. The van der Waals surface area contributed by atoms with Crippen molar-refractivity contribution in [1.82, 2.24) is 14.8 Å². The summed E-state index contributed by atoms with van der Waals surface area (Å²) < 4.78 is 8.43. The molecule has 4 rings (SSSR count). The molecule has 2 aromatic carbocycles. The third kappa shape index (κ3) is 5.84. The number of para-hydroxylation sites is 1. The van der Waals surface area contributed by atoms with Crippen LogP contribution in [0.15, 0.2) is 54.7 Å². The lowest BCUT2D eigenvalue weighted by atomic mass is 10.0. The van der Waals surface area contributed by atoms with Gasteiger partial charge in [0.15, 0.2) is 0 Å². The standard InChI is InChI=1S/C22H24N2O2.C4H12N2/c1-2-20(22-13-23-11-12-26-22)24-14-19(18-5-3-4-6-21(18)24)17-9-7-16(15-25)8-10-17;1-6(2)4-3-5/h3-10,14-15,20,22-23H,2,11-13H2,1H3;3-5H2,1-2H3. The van der Waals surface area contributed by atoms with E-state index in [9.17, 15) is 4.79 Å². The molecule has 0 saturated carbocycles. The van der Waals surface area contributed by atoms with Crippen LogP contribution < -0.4 is 11.1 Å². The number of nitrogens with two attached hydrogens (primary N) is 1. The first-order valence-corrected chi connectivity index (χ1v) is 11.4. The van der Waals surface area contributed by atoms with E-state index in [0.717, 1.165) is 51.1 Å². The predicted molar refractivity (Wildman–Crippen MR) is 132 cm³/mol. The molecule has 1 aliphatic rings. The van der Waals surface area contributed by atoms with Crippen LogP contribution in [0.3, 0.4) is 0 Å². The summed E-state index contributed by atoms with van der Waals surface area (Å²) in [5, 5.41) is 4.68. The molecule has 0 amide bonds. The van der Waals surface area contributed by atoms with Gasteiger partial charge in [-0.15, -0.1) is 0 Å². The number of carbonyl (C=O) groups is 1. The van der Waals surface area contributed by atoms with Crippen molar-refractivity contribution in [2.24, 2.45) is 5.73 Å². The number of nitrogens with one attached hydrogen (secondary N) is 1. The van der Waals surface area contributed by atoms with Crippen LogP contribution in [0, 0.1) is 0 Å². The second-order valence-electron chi connectivity index (χ2n) is 8.39. The van der Waals surface area contributed by atoms with Crippen molar-refractivity contribution >= 4 is 17.2 Å². The number of aldehydes is 1. The monoisotopic (exact) mass is 436 g/mol. The second kappa shape index (κ2) is 11.9. The average Bonchev–Trinajstić information content (AvgIpc) is 3.20. The van der Waals surface area contributed by atoms with Crippen molar-refractivity contribution in [2.45, 2.75) is 25.5 Å². The van der Waals surface area contributed by atoms with Gasteiger partial charge >= 0.3 is 0 Å². The quantitative estimate of drug-likeness (QED) is 0.554. The molecule has 0 radical (unpaired) electrons. The lowest BCUT2D eigenvalue weighted by Gasteiger charge is -2.32. The van der Waals surface area contributed by atoms with Crippen LogP contribution in [0.2, 0.25) is 0 Å². The molecule has 1 fully saturated rings. The lowest BCUT2D eigenvalue weighted by molar-refractivity contribution is -0.00491. The number of hydrogen-bond acceptors (Lipinski definition) is 5. The highest BCUT2D eigenvalue weighted by molar-refractivity contribution is 5.96. The Morgan fingerprint density at radius 1 is 1.22 bits per heavy atom. The first kappa shape index (κ1) is 24.1. The molecule has 0 spiro atoms. The average molecular weight is 437 g/mol. The van der Waals surface area contributed by atoms with E-state index < -0.39 is 0 Å². The summed E-state index contributed by atoms with van der Waals surface area (Å²) in [6, 6.07) is 16.6. The fourth-order valence-corrected chi connectivity index (χ4v) is 4.18. The zero-order valence-corrected chi connectivity index (χ0v) is 19.5. The molecule has 6 heteroatoms. The smallest absolute Gasteiger partial charge is 0.150 e. The summed E-state index contributed by atoms with van der Waals surface area (Å²) in [6.07, 6.45) is 4.31. The maximum atomic E-state index is 11.0. The van der Waals surface area contributed by atoms with Gasteiger partial charge in [0.1, 0.15) is 6.29 Å². The largest absolute Gasteiger partial charge is 0.373 e. The van der Waals surface area contributed by atoms with Gasteiger partial charge < -0.3 is 25.3 Å². The molecule has 6 nitrogen and oxygen atoms in total. The maximum absolute atomic E-state index is 11.0.